The van der Waals surface area contributed by atoms with Gasteiger partial charge in [-0.3, -0.25) is 14.4 Å². The molecule has 0 aliphatic carbocycles. The van der Waals surface area contributed by atoms with Crippen LogP contribution >= 0.6 is 0 Å². The summed E-state index contributed by atoms with van der Waals surface area (Å²) in [6, 6.07) is 0. The molecule has 0 radical (unpaired) electrons. The van der Waals surface area contributed by atoms with E-state index >= 15 is 0 Å². The molecule has 0 aromatic heterocycles. The van der Waals surface area contributed by atoms with Crippen molar-refractivity contribution in [3.63, 3.8) is 0 Å². The number of esters is 3. The van der Waals surface area contributed by atoms with Gasteiger partial charge in [0.25, 0.3) is 0 Å². The number of rotatable bonds is 52. The number of carbonyl (C=O) groups excluding carboxylic acids is 3. The van der Waals surface area contributed by atoms with E-state index in [-0.39, 0.29) is 37.5 Å². The van der Waals surface area contributed by atoms with Crippen LogP contribution in [0.4, 0.5) is 0 Å². The molecule has 72 heavy (non-hydrogen) atoms. The third kappa shape index (κ3) is 56.7. The molecule has 0 heterocycles. The highest BCUT2D eigenvalue weighted by molar-refractivity contribution is 5.71. The van der Waals surface area contributed by atoms with Gasteiger partial charge in [0.15, 0.2) is 6.10 Å². The maximum atomic E-state index is 12.8. The zero-order valence-electron chi connectivity index (χ0n) is 46.7. The van der Waals surface area contributed by atoms with Crippen molar-refractivity contribution in [1.82, 2.24) is 0 Å². The van der Waals surface area contributed by atoms with Crippen molar-refractivity contribution < 1.29 is 28.6 Å². The van der Waals surface area contributed by atoms with Gasteiger partial charge < -0.3 is 14.2 Å². The van der Waals surface area contributed by atoms with Crippen LogP contribution in [0.15, 0.2) is 122 Å². The quantitative estimate of drug-likeness (QED) is 0.0261. The van der Waals surface area contributed by atoms with E-state index in [1.807, 2.05) is 0 Å². The number of hydrogen-bond donors (Lipinski definition) is 0. The summed E-state index contributed by atoms with van der Waals surface area (Å²) in [6.45, 7) is 6.36. The van der Waals surface area contributed by atoms with Crippen LogP contribution in [0.1, 0.15) is 258 Å². The fraction of sp³-hybridized carbons (Fsp3) is 0.652. The summed E-state index contributed by atoms with van der Waals surface area (Å²) in [5, 5.41) is 0. The van der Waals surface area contributed by atoms with E-state index in [1.54, 1.807) is 0 Å². The minimum atomic E-state index is -0.804. The van der Waals surface area contributed by atoms with Crippen molar-refractivity contribution in [2.24, 2.45) is 0 Å². The number of hydrogen-bond acceptors (Lipinski definition) is 6. The third-order valence-electron chi connectivity index (χ3n) is 12.2. The van der Waals surface area contributed by atoms with Gasteiger partial charge in [-0.25, -0.2) is 0 Å². The average Bonchev–Trinajstić information content (AvgIpc) is 3.38. The van der Waals surface area contributed by atoms with E-state index < -0.39 is 6.10 Å². The number of allylic oxidation sites excluding steroid dienone is 20. The van der Waals surface area contributed by atoms with Gasteiger partial charge in [-0.05, 0) is 109 Å². The second kappa shape index (κ2) is 59.4. The summed E-state index contributed by atoms with van der Waals surface area (Å²) in [4.78, 5) is 38.1. The molecule has 0 amide bonds. The van der Waals surface area contributed by atoms with Crippen molar-refractivity contribution in [2.45, 2.75) is 264 Å². The molecule has 0 rings (SSSR count). The second-order valence-electron chi connectivity index (χ2n) is 19.1. The molecule has 0 aromatic carbocycles. The van der Waals surface area contributed by atoms with E-state index in [9.17, 15) is 14.4 Å². The van der Waals surface area contributed by atoms with Gasteiger partial charge >= 0.3 is 17.9 Å². The van der Waals surface area contributed by atoms with Gasteiger partial charge in [-0.2, -0.15) is 0 Å². The predicted octanol–water partition coefficient (Wildman–Crippen LogP) is 20.0. The zero-order chi connectivity index (χ0) is 52.2. The van der Waals surface area contributed by atoms with Crippen LogP contribution in [-0.2, 0) is 28.6 Å². The van der Waals surface area contributed by atoms with Crippen LogP contribution in [0.5, 0.6) is 0 Å². The topological polar surface area (TPSA) is 78.9 Å². The molecule has 0 fully saturated rings. The third-order valence-corrected chi connectivity index (χ3v) is 12.2. The van der Waals surface area contributed by atoms with E-state index in [1.165, 1.54) is 96.3 Å². The smallest absolute Gasteiger partial charge is 0.306 e. The van der Waals surface area contributed by atoms with Crippen molar-refractivity contribution in [3.05, 3.63) is 122 Å². The fourth-order valence-corrected chi connectivity index (χ4v) is 7.85. The molecule has 0 N–H and O–H groups in total. The van der Waals surface area contributed by atoms with E-state index in [2.05, 4.69) is 142 Å². The molecule has 0 bridgehead atoms. The Hall–Kier alpha value is -4.19. The van der Waals surface area contributed by atoms with Crippen molar-refractivity contribution >= 4 is 17.9 Å². The Balaban J connectivity index is 4.39. The maximum Gasteiger partial charge on any atom is 0.306 e. The number of carbonyl (C=O) groups is 3. The van der Waals surface area contributed by atoms with Gasteiger partial charge in [-0.1, -0.05) is 251 Å². The Kier molecular flexibility index (Phi) is 55.9. The van der Waals surface area contributed by atoms with Crippen molar-refractivity contribution in [1.29, 1.82) is 0 Å². The molecule has 0 spiro atoms. The fourth-order valence-electron chi connectivity index (χ4n) is 7.85. The minimum Gasteiger partial charge on any atom is -0.462 e. The van der Waals surface area contributed by atoms with Gasteiger partial charge in [0, 0.05) is 19.3 Å². The summed E-state index contributed by atoms with van der Waals surface area (Å²) in [6.07, 6.45) is 82.0. The predicted molar refractivity (Wildman–Crippen MR) is 311 cm³/mol. The Bertz CT molecular complexity index is 1520. The van der Waals surface area contributed by atoms with E-state index in [0.717, 1.165) is 116 Å². The first-order valence-electron chi connectivity index (χ1n) is 29.5. The van der Waals surface area contributed by atoms with Crippen LogP contribution in [-0.4, -0.2) is 37.2 Å². The molecule has 0 saturated carbocycles. The number of unbranched alkanes of at least 4 members (excludes halogenated alkanes) is 21. The van der Waals surface area contributed by atoms with Crippen molar-refractivity contribution in [2.75, 3.05) is 13.2 Å². The lowest BCUT2D eigenvalue weighted by molar-refractivity contribution is -0.167. The highest BCUT2D eigenvalue weighted by Gasteiger charge is 2.19. The van der Waals surface area contributed by atoms with Gasteiger partial charge in [0.05, 0.1) is 0 Å². The van der Waals surface area contributed by atoms with E-state index in [0.29, 0.717) is 19.3 Å². The first kappa shape index (κ1) is 67.8. The average molecular weight is 998 g/mol. The molecule has 408 valence electrons. The van der Waals surface area contributed by atoms with Crippen LogP contribution < -0.4 is 0 Å². The molecule has 6 heteroatoms. The maximum absolute atomic E-state index is 12.8. The Labute approximate surface area is 443 Å². The second-order valence-corrected chi connectivity index (χ2v) is 19.1. The van der Waals surface area contributed by atoms with Crippen LogP contribution in [0.2, 0.25) is 0 Å². The summed E-state index contributed by atoms with van der Waals surface area (Å²) in [5.74, 6) is -0.947. The summed E-state index contributed by atoms with van der Waals surface area (Å²) in [5.41, 5.74) is 0. The number of ether oxygens (including phenoxy) is 3. The highest BCUT2D eigenvalue weighted by atomic mass is 16.6. The molecule has 1 atom stereocenters. The molecule has 1 unspecified atom stereocenters. The summed E-state index contributed by atoms with van der Waals surface area (Å²) in [7, 11) is 0. The molecular weight excluding hydrogens is 889 g/mol. The molecule has 0 aliphatic heterocycles. The molecule has 6 nitrogen and oxygen atoms in total. The lowest BCUT2D eigenvalue weighted by atomic mass is 10.1. The molecule has 0 aromatic rings. The van der Waals surface area contributed by atoms with Crippen LogP contribution in [0.3, 0.4) is 0 Å². The van der Waals surface area contributed by atoms with Crippen LogP contribution in [0, 0.1) is 0 Å². The normalized spacial score (nSPS) is 13.0. The first-order chi connectivity index (χ1) is 35.5. The van der Waals surface area contributed by atoms with Gasteiger partial charge in [0.2, 0.25) is 0 Å². The van der Waals surface area contributed by atoms with E-state index in [4.69, 9.17) is 14.2 Å². The van der Waals surface area contributed by atoms with Gasteiger partial charge in [-0.15, -0.1) is 0 Å². The Morgan fingerprint density at radius 1 is 0.292 bits per heavy atom. The van der Waals surface area contributed by atoms with Crippen LogP contribution in [0.25, 0.3) is 0 Å². The first-order valence-corrected chi connectivity index (χ1v) is 29.5. The Morgan fingerprint density at radius 2 is 0.542 bits per heavy atom. The standard InChI is InChI=1S/C66H108O6/c1-4-7-10-13-16-19-22-24-26-28-30-32-33-35-36-38-40-42-44-47-50-53-56-59-65(68)71-62-63(61-70-64(67)58-55-52-49-46-21-18-15-12-9-6-3)72-66(69)60-57-54-51-48-45-43-41-39-37-34-31-29-27-25-23-20-17-14-11-8-5-2/h7-8,10-11,16-17,19-20,24-27,30-32,34,39,41,45,48,63H,4-6,9,12-15,18,21-23,28-29,33,35-38,40,42-44,46-47,49-62H2,1-3H3/b10-7-,11-8-,19-16-,20-17-,26-24-,27-25-,32-30-,34-31-,41-39-,48-45-. The van der Waals surface area contributed by atoms with Crippen molar-refractivity contribution in [3.8, 4) is 0 Å². The largest absolute Gasteiger partial charge is 0.462 e. The summed E-state index contributed by atoms with van der Waals surface area (Å²) < 4.78 is 16.8. The molecule has 0 aliphatic rings. The highest BCUT2D eigenvalue weighted by Crippen LogP contribution is 2.15. The summed E-state index contributed by atoms with van der Waals surface area (Å²) >= 11 is 0. The Morgan fingerprint density at radius 3 is 0.875 bits per heavy atom. The minimum absolute atomic E-state index is 0.0978. The lowest BCUT2D eigenvalue weighted by Gasteiger charge is -2.18. The SMILES string of the molecule is CC/C=C\C/C=C\C/C=C\C/C=C\C/C=C\C/C=C\CCCCC(=O)OC(COC(=O)CCCCCCCCCCCC)COC(=O)CCCCCCCCCCCC/C=C\C/C=C\C/C=C\C/C=C\CC. The molecular formula is C66H108O6. The lowest BCUT2D eigenvalue weighted by Crippen LogP contribution is -2.30. The monoisotopic (exact) mass is 997 g/mol. The zero-order valence-corrected chi connectivity index (χ0v) is 46.7. The van der Waals surface area contributed by atoms with Gasteiger partial charge in [0.1, 0.15) is 13.2 Å². The molecule has 0 saturated heterocycles.